The third-order valence-electron chi connectivity index (χ3n) is 5.29. The number of rotatable bonds is 3. The SMILES string of the molecule is O=C1C(=O)N(c2nc3ccc(Cl)cc3s2)C(c2ccc(I)cc2)/C1=C(\O)c1ccc(F)cc1. The van der Waals surface area contributed by atoms with E-state index in [4.69, 9.17) is 11.6 Å². The average Bonchev–Trinajstić information content (AvgIpc) is 3.32. The molecule has 1 fully saturated rings. The van der Waals surface area contributed by atoms with Crippen LogP contribution in [-0.4, -0.2) is 21.8 Å². The lowest BCUT2D eigenvalue weighted by Gasteiger charge is -2.23. The summed E-state index contributed by atoms with van der Waals surface area (Å²) < 4.78 is 15.2. The maximum atomic E-state index is 13.4. The van der Waals surface area contributed by atoms with E-state index in [0.29, 0.717) is 21.2 Å². The Bertz CT molecular complexity index is 1450. The molecule has 1 atom stereocenters. The van der Waals surface area contributed by atoms with Crippen molar-refractivity contribution in [2.24, 2.45) is 0 Å². The standard InChI is InChI=1S/C24H13ClFIN2O3S/c25-14-5-10-17-18(11-14)33-24(28-17)29-20(12-3-8-16(27)9-4-12)19(22(31)23(29)32)21(30)13-1-6-15(26)7-2-13/h1-11,20,30H/b21-19+. The van der Waals surface area contributed by atoms with Gasteiger partial charge in [0.2, 0.25) is 0 Å². The van der Waals surface area contributed by atoms with Gasteiger partial charge in [0.05, 0.1) is 21.8 Å². The minimum absolute atomic E-state index is 0.0786. The molecule has 0 spiro atoms. The molecule has 5 rings (SSSR count). The van der Waals surface area contributed by atoms with E-state index >= 15 is 0 Å². The van der Waals surface area contributed by atoms with E-state index in [1.807, 2.05) is 12.1 Å². The molecule has 2 heterocycles. The lowest BCUT2D eigenvalue weighted by molar-refractivity contribution is -0.132. The van der Waals surface area contributed by atoms with Crippen LogP contribution in [0.5, 0.6) is 0 Å². The fraction of sp³-hybridized carbons (Fsp3) is 0.0417. The van der Waals surface area contributed by atoms with Gasteiger partial charge in [0.25, 0.3) is 5.78 Å². The Morgan fingerprint density at radius 1 is 1.06 bits per heavy atom. The number of carbonyl (C=O) groups is 2. The number of halogens is 3. The van der Waals surface area contributed by atoms with Gasteiger partial charge in [-0.1, -0.05) is 35.1 Å². The number of thiazole rings is 1. The van der Waals surface area contributed by atoms with Crippen LogP contribution in [0.25, 0.3) is 16.0 Å². The molecular formula is C24H13ClFIN2O3S. The Morgan fingerprint density at radius 2 is 1.76 bits per heavy atom. The van der Waals surface area contributed by atoms with Crippen LogP contribution in [0.4, 0.5) is 9.52 Å². The van der Waals surface area contributed by atoms with E-state index < -0.39 is 23.5 Å². The summed E-state index contributed by atoms with van der Waals surface area (Å²) in [6.45, 7) is 0. The number of carbonyl (C=O) groups excluding carboxylic acids is 2. The maximum Gasteiger partial charge on any atom is 0.301 e. The summed E-state index contributed by atoms with van der Waals surface area (Å²) in [5, 5.41) is 11.9. The number of aliphatic hydroxyl groups excluding tert-OH is 1. The van der Waals surface area contributed by atoms with Crippen molar-refractivity contribution < 1.29 is 19.1 Å². The first kappa shape index (κ1) is 22.0. The second-order valence-electron chi connectivity index (χ2n) is 7.34. The van der Waals surface area contributed by atoms with Crippen LogP contribution in [0.3, 0.4) is 0 Å². The number of fused-ring (bicyclic) bond motifs is 1. The molecule has 3 aromatic carbocycles. The summed E-state index contributed by atoms with van der Waals surface area (Å²) in [6.07, 6.45) is 0. The van der Waals surface area contributed by atoms with Crippen molar-refractivity contribution in [3.63, 3.8) is 0 Å². The molecule has 1 aliphatic rings. The zero-order valence-electron chi connectivity index (χ0n) is 16.6. The topological polar surface area (TPSA) is 70.5 Å². The molecule has 0 saturated carbocycles. The van der Waals surface area contributed by atoms with Crippen LogP contribution >= 0.6 is 45.5 Å². The quantitative estimate of drug-likeness (QED) is 0.131. The van der Waals surface area contributed by atoms with Crippen molar-refractivity contribution in [1.29, 1.82) is 0 Å². The Labute approximate surface area is 210 Å². The largest absolute Gasteiger partial charge is 0.507 e. The zero-order chi connectivity index (χ0) is 23.3. The third-order valence-corrected chi connectivity index (χ3v) is 7.26. The number of benzene rings is 3. The highest BCUT2D eigenvalue weighted by Crippen LogP contribution is 2.44. The van der Waals surface area contributed by atoms with Crippen molar-refractivity contribution >= 4 is 78.3 Å². The van der Waals surface area contributed by atoms with Crippen molar-refractivity contribution in [1.82, 2.24) is 4.98 Å². The first-order valence-electron chi connectivity index (χ1n) is 9.72. The number of nitrogens with zero attached hydrogens (tertiary/aromatic N) is 2. The molecule has 1 N–H and O–H groups in total. The Morgan fingerprint density at radius 3 is 2.45 bits per heavy atom. The van der Waals surface area contributed by atoms with Crippen LogP contribution in [-0.2, 0) is 9.59 Å². The van der Waals surface area contributed by atoms with Crippen molar-refractivity contribution in [3.8, 4) is 0 Å². The first-order valence-corrected chi connectivity index (χ1v) is 12.0. The summed E-state index contributed by atoms with van der Waals surface area (Å²) >= 11 is 9.49. The zero-order valence-corrected chi connectivity index (χ0v) is 20.4. The van der Waals surface area contributed by atoms with Gasteiger partial charge in [-0.3, -0.25) is 14.5 Å². The molecule has 1 amide bonds. The van der Waals surface area contributed by atoms with Gasteiger partial charge in [0.1, 0.15) is 11.6 Å². The van der Waals surface area contributed by atoms with Gasteiger partial charge < -0.3 is 5.11 Å². The second-order valence-corrected chi connectivity index (χ2v) is 10.0. The number of aliphatic hydroxyl groups is 1. The molecule has 0 bridgehead atoms. The second kappa shape index (κ2) is 8.51. The fourth-order valence-corrected chi connectivity index (χ4v) is 5.37. The molecule has 33 heavy (non-hydrogen) atoms. The Hall–Kier alpha value is -2.82. The summed E-state index contributed by atoms with van der Waals surface area (Å²) in [5.41, 5.74) is 1.43. The van der Waals surface area contributed by atoms with Crippen LogP contribution in [0.1, 0.15) is 17.2 Å². The highest BCUT2D eigenvalue weighted by molar-refractivity contribution is 14.1. The number of anilines is 1. The number of aromatic nitrogens is 1. The van der Waals surface area contributed by atoms with Crippen molar-refractivity contribution in [3.05, 3.63) is 97.8 Å². The average molecular weight is 591 g/mol. The van der Waals surface area contributed by atoms with E-state index in [9.17, 15) is 19.1 Å². The molecule has 4 aromatic rings. The third kappa shape index (κ3) is 3.92. The van der Waals surface area contributed by atoms with Crippen LogP contribution in [0.2, 0.25) is 5.02 Å². The van der Waals surface area contributed by atoms with Crippen LogP contribution in [0, 0.1) is 9.39 Å². The van der Waals surface area contributed by atoms with Crippen molar-refractivity contribution in [2.75, 3.05) is 4.90 Å². The molecular weight excluding hydrogens is 578 g/mol. The van der Waals surface area contributed by atoms with Gasteiger partial charge in [-0.05, 0) is 82.8 Å². The monoisotopic (exact) mass is 590 g/mol. The van der Waals surface area contributed by atoms with Crippen LogP contribution < -0.4 is 4.90 Å². The fourth-order valence-electron chi connectivity index (χ4n) is 3.74. The van der Waals surface area contributed by atoms with Gasteiger partial charge in [0.15, 0.2) is 5.13 Å². The lowest BCUT2D eigenvalue weighted by Crippen LogP contribution is -2.29. The minimum Gasteiger partial charge on any atom is -0.507 e. The number of hydrogen-bond donors (Lipinski definition) is 1. The predicted molar refractivity (Wildman–Crippen MR) is 135 cm³/mol. The molecule has 5 nitrogen and oxygen atoms in total. The summed E-state index contributed by atoms with van der Waals surface area (Å²) in [5.74, 6) is -2.48. The van der Waals surface area contributed by atoms with E-state index in [2.05, 4.69) is 27.6 Å². The summed E-state index contributed by atoms with van der Waals surface area (Å²) in [4.78, 5) is 32.2. The molecule has 0 aliphatic carbocycles. The molecule has 0 radical (unpaired) electrons. The van der Waals surface area contributed by atoms with E-state index in [-0.39, 0.29) is 16.9 Å². The maximum absolute atomic E-state index is 13.4. The highest BCUT2D eigenvalue weighted by Gasteiger charge is 2.48. The molecule has 9 heteroatoms. The number of ketones is 1. The minimum atomic E-state index is -0.900. The van der Waals surface area contributed by atoms with Gasteiger partial charge >= 0.3 is 5.91 Å². The van der Waals surface area contributed by atoms with Gasteiger partial charge in [-0.25, -0.2) is 9.37 Å². The number of Topliss-reactive ketones (excluding diaryl/α,β-unsaturated/α-hetero) is 1. The van der Waals surface area contributed by atoms with Gasteiger partial charge in [0, 0.05) is 14.2 Å². The van der Waals surface area contributed by atoms with Crippen LogP contribution in [0.15, 0.2) is 72.3 Å². The molecule has 1 saturated heterocycles. The van der Waals surface area contributed by atoms with E-state index in [1.54, 1.807) is 30.3 Å². The molecule has 1 aromatic heterocycles. The number of amides is 1. The van der Waals surface area contributed by atoms with Gasteiger partial charge in [-0.2, -0.15) is 0 Å². The Balaban J connectivity index is 1.73. The lowest BCUT2D eigenvalue weighted by atomic mass is 9.95. The predicted octanol–water partition coefficient (Wildman–Crippen LogP) is 6.32. The highest BCUT2D eigenvalue weighted by atomic mass is 127. The normalized spacial score (nSPS) is 17.8. The Kier molecular flexibility index (Phi) is 5.67. The van der Waals surface area contributed by atoms with Crippen molar-refractivity contribution in [2.45, 2.75) is 6.04 Å². The van der Waals surface area contributed by atoms with Gasteiger partial charge in [-0.15, -0.1) is 0 Å². The van der Waals surface area contributed by atoms with E-state index in [0.717, 1.165) is 8.27 Å². The smallest absolute Gasteiger partial charge is 0.301 e. The summed E-state index contributed by atoms with van der Waals surface area (Å²) in [7, 11) is 0. The summed E-state index contributed by atoms with van der Waals surface area (Å²) in [6, 6.07) is 16.7. The first-order chi connectivity index (χ1) is 15.8. The van der Waals surface area contributed by atoms with E-state index in [1.165, 1.54) is 40.5 Å². The molecule has 1 unspecified atom stereocenters. The molecule has 164 valence electrons. The molecule has 1 aliphatic heterocycles. The number of hydrogen-bond acceptors (Lipinski definition) is 5.